The molecule has 2 aromatic carbocycles. The summed E-state index contributed by atoms with van der Waals surface area (Å²) in [5.41, 5.74) is 0.987. The van der Waals surface area contributed by atoms with E-state index in [9.17, 15) is 27.9 Å². The second-order valence-corrected chi connectivity index (χ2v) is 12.0. The van der Waals surface area contributed by atoms with Gasteiger partial charge >= 0.3 is 0 Å². The first-order valence-corrected chi connectivity index (χ1v) is 15.2. The van der Waals surface area contributed by atoms with Crippen LogP contribution in [0.5, 0.6) is 0 Å². The number of sulfone groups is 1. The fraction of sp³-hybridized carbons (Fsp3) is 0.483. The van der Waals surface area contributed by atoms with Gasteiger partial charge in [-0.3, -0.25) is 14.4 Å². The maximum Gasteiger partial charge on any atom is 0.225 e. The molecule has 1 aliphatic heterocycles. The lowest BCUT2D eigenvalue weighted by Gasteiger charge is -2.29. The molecule has 0 aromatic heterocycles. The van der Waals surface area contributed by atoms with Crippen LogP contribution in [0.3, 0.4) is 0 Å². The van der Waals surface area contributed by atoms with E-state index in [0.29, 0.717) is 43.9 Å². The van der Waals surface area contributed by atoms with Crippen LogP contribution in [-0.4, -0.2) is 74.1 Å². The van der Waals surface area contributed by atoms with E-state index >= 15 is 0 Å². The number of amides is 2. The molecule has 1 aliphatic rings. The van der Waals surface area contributed by atoms with Gasteiger partial charge in [-0.2, -0.15) is 0 Å². The summed E-state index contributed by atoms with van der Waals surface area (Å²) < 4.78 is 31.5. The maximum absolute atomic E-state index is 13.5. The zero-order valence-corrected chi connectivity index (χ0v) is 23.1. The third kappa shape index (κ3) is 9.56. The normalized spacial score (nSPS) is 16.2. The zero-order chi connectivity index (χ0) is 28.3. The number of nitrogens with one attached hydrogen (secondary N) is 1. The summed E-state index contributed by atoms with van der Waals surface area (Å²) in [5, 5.41) is 13.4. The van der Waals surface area contributed by atoms with Gasteiger partial charge in [0.05, 0.1) is 36.7 Å². The lowest BCUT2D eigenvalue weighted by molar-refractivity contribution is -0.140. The monoisotopic (exact) mass is 558 g/mol. The number of ketones is 1. The molecule has 0 radical (unpaired) electrons. The van der Waals surface area contributed by atoms with E-state index in [1.165, 1.54) is 0 Å². The Morgan fingerprint density at radius 1 is 1.00 bits per heavy atom. The molecule has 1 saturated heterocycles. The molecule has 1 fully saturated rings. The smallest absolute Gasteiger partial charge is 0.225 e. The summed E-state index contributed by atoms with van der Waals surface area (Å²) >= 11 is 0. The van der Waals surface area contributed by atoms with Crippen LogP contribution in [0.2, 0.25) is 0 Å². The minimum Gasteiger partial charge on any atom is -0.380 e. The molecule has 0 aliphatic carbocycles. The molecule has 0 bridgehead atoms. The van der Waals surface area contributed by atoms with Gasteiger partial charge in [0.2, 0.25) is 11.8 Å². The number of aliphatic hydroxyl groups is 1. The van der Waals surface area contributed by atoms with Crippen LogP contribution in [-0.2, 0) is 34.7 Å². The number of nitrogens with zero attached hydrogens (tertiary/aromatic N) is 1. The van der Waals surface area contributed by atoms with Gasteiger partial charge in [-0.05, 0) is 17.5 Å². The molecule has 10 heteroatoms. The minimum absolute atomic E-state index is 0.270. The Morgan fingerprint density at radius 3 is 2.23 bits per heavy atom. The average molecular weight is 559 g/mol. The fourth-order valence-electron chi connectivity index (χ4n) is 4.55. The first-order valence-electron chi connectivity index (χ1n) is 13.4. The number of hydrogen-bond donors (Lipinski definition) is 2. The molecule has 2 aromatic rings. The molecule has 212 valence electrons. The van der Waals surface area contributed by atoms with Crippen molar-refractivity contribution in [2.75, 3.05) is 32.1 Å². The van der Waals surface area contributed by atoms with Gasteiger partial charge in [-0.15, -0.1) is 0 Å². The van der Waals surface area contributed by atoms with E-state index in [-0.39, 0.29) is 24.5 Å². The molecule has 2 N–H and O–H groups in total. The van der Waals surface area contributed by atoms with Gasteiger partial charge in [0.15, 0.2) is 15.6 Å². The fourth-order valence-corrected chi connectivity index (χ4v) is 6.25. The van der Waals surface area contributed by atoms with Crippen molar-refractivity contribution < 1.29 is 32.6 Å². The molecular formula is C29H38N2O7S. The van der Waals surface area contributed by atoms with E-state index in [2.05, 4.69) is 5.32 Å². The molecule has 1 heterocycles. The van der Waals surface area contributed by atoms with Crippen molar-refractivity contribution in [2.24, 2.45) is 5.92 Å². The second-order valence-electron chi connectivity index (χ2n) is 9.85. The predicted octanol–water partition coefficient (Wildman–Crippen LogP) is 2.44. The maximum atomic E-state index is 13.5. The number of aliphatic hydroxyl groups excluding tert-OH is 1. The van der Waals surface area contributed by atoms with E-state index < -0.39 is 45.3 Å². The van der Waals surface area contributed by atoms with Crippen LogP contribution in [0.25, 0.3) is 0 Å². The molecule has 39 heavy (non-hydrogen) atoms. The van der Waals surface area contributed by atoms with E-state index in [0.717, 1.165) is 6.42 Å². The summed E-state index contributed by atoms with van der Waals surface area (Å²) in [5.74, 6) is -3.61. The summed E-state index contributed by atoms with van der Waals surface area (Å²) in [7, 11) is -3.78. The highest BCUT2D eigenvalue weighted by Crippen LogP contribution is 2.20. The lowest BCUT2D eigenvalue weighted by atomic mass is 9.96. The van der Waals surface area contributed by atoms with Crippen LogP contribution < -0.4 is 5.32 Å². The number of ether oxygens (including phenoxy) is 1. The van der Waals surface area contributed by atoms with Gasteiger partial charge in [-0.25, -0.2) is 8.42 Å². The number of rotatable bonds is 14. The predicted molar refractivity (Wildman–Crippen MR) is 147 cm³/mol. The molecule has 3 rings (SSSR count). The van der Waals surface area contributed by atoms with Crippen LogP contribution in [0.4, 0.5) is 0 Å². The Kier molecular flexibility index (Phi) is 11.6. The second kappa shape index (κ2) is 14.9. The van der Waals surface area contributed by atoms with Crippen LogP contribution >= 0.6 is 0 Å². The molecule has 0 spiro atoms. The summed E-state index contributed by atoms with van der Waals surface area (Å²) in [4.78, 5) is 41.3. The molecular weight excluding hydrogens is 520 g/mol. The van der Waals surface area contributed by atoms with Crippen molar-refractivity contribution >= 4 is 27.4 Å². The van der Waals surface area contributed by atoms with Gasteiger partial charge in [0, 0.05) is 19.5 Å². The van der Waals surface area contributed by atoms with Crippen LogP contribution in [0.15, 0.2) is 60.7 Å². The van der Waals surface area contributed by atoms with Gasteiger partial charge < -0.3 is 20.1 Å². The van der Waals surface area contributed by atoms with E-state index in [1.807, 2.05) is 6.92 Å². The van der Waals surface area contributed by atoms with Gasteiger partial charge in [0.1, 0.15) is 6.10 Å². The molecule has 3 unspecified atom stereocenters. The van der Waals surface area contributed by atoms with Crippen molar-refractivity contribution in [3.8, 4) is 0 Å². The Morgan fingerprint density at radius 2 is 1.62 bits per heavy atom. The third-order valence-electron chi connectivity index (χ3n) is 6.73. The lowest BCUT2D eigenvalue weighted by Crippen LogP contribution is -2.48. The van der Waals surface area contributed by atoms with Crippen molar-refractivity contribution in [3.05, 3.63) is 71.8 Å². The largest absolute Gasteiger partial charge is 0.380 e. The van der Waals surface area contributed by atoms with Crippen LogP contribution in [0.1, 0.15) is 49.8 Å². The van der Waals surface area contributed by atoms with Gasteiger partial charge in [0.25, 0.3) is 0 Å². The molecule has 3 atom stereocenters. The topological polar surface area (TPSA) is 130 Å². The Labute approximate surface area is 230 Å². The summed E-state index contributed by atoms with van der Waals surface area (Å²) in [6.45, 7) is 3.42. The minimum atomic E-state index is -3.78. The first kappa shape index (κ1) is 30.5. The highest BCUT2D eigenvalue weighted by Gasteiger charge is 2.34. The standard InChI is InChI=1S/C29H38N2O7S/c1-2-3-14-25(28(34)27(33)23-12-8-5-9-13-23)30-29(35)24(19-26(32)31-15-17-38-18-16-31)21-39(36,37)20-22-10-6-4-7-11-22/h4-13,24-25,27,33H,2-3,14-21H2,1H3,(H,30,35). The summed E-state index contributed by atoms with van der Waals surface area (Å²) in [6, 6.07) is 16.0. The van der Waals surface area contributed by atoms with Crippen LogP contribution in [0, 0.1) is 5.92 Å². The van der Waals surface area contributed by atoms with E-state index in [4.69, 9.17) is 4.74 Å². The van der Waals surface area contributed by atoms with Crippen molar-refractivity contribution in [3.63, 3.8) is 0 Å². The Bertz CT molecular complexity index is 1180. The first-order chi connectivity index (χ1) is 18.7. The number of morpholine rings is 1. The molecule has 9 nitrogen and oxygen atoms in total. The van der Waals surface area contributed by atoms with E-state index in [1.54, 1.807) is 65.6 Å². The average Bonchev–Trinajstić information content (AvgIpc) is 2.95. The third-order valence-corrected chi connectivity index (χ3v) is 8.41. The van der Waals surface area contributed by atoms with Crippen molar-refractivity contribution in [1.29, 1.82) is 0 Å². The number of carbonyl (C=O) groups is 3. The highest BCUT2D eigenvalue weighted by molar-refractivity contribution is 7.90. The number of carbonyl (C=O) groups excluding carboxylic acids is 3. The van der Waals surface area contributed by atoms with Crippen molar-refractivity contribution in [2.45, 2.75) is 50.5 Å². The number of unbranched alkanes of at least 4 members (excludes halogenated alkanes) is 1. The number of Topliss-reactive ketones (excluding diaryl/α,β-unsaturated/α-hetero) is 1. The van der Waals surface area contributed by atoms with Gasteiger partial charge in [-0.1, -0.05) is 80.4 Å². The molecule has 2 amide bonds. The highest BCUT2D eigenvalue weighted by atomic mass is 32.2. The SMILES string of the molecule is CCCCC(NC(=O)C(CC(=O)N1CCOCC1)CS(=O)(=O)Cc1ccccc1)C(=O)C(O)c1ccccc1. The number of hydrogen-bond acceptors (Lipinski definition) is 7. The molecule has 0 saturated carbocycles. The Balaban J connectivity index is 1.80. The zero-order valence-electron chi connectivity index (χ0n) is 22.3. The number of benzene rings is 2. The summed E-state index contributed by atoms with van der Waals surface area (Å²) in [6.07, 6.45) is -0.0988. The Hall–Kier alpha value is -3.08. The quantitative estimate of drug-likeness (QED) is 0.364. The van der Waals surface area contributed by atoms with Crippen molar-refractivity contribution in [1.82, 2.24) is 10.2 Å².